The van der Waals surface area contributed by atoms with Crippen LogP contribution in [-0.4, -0.2) is 24.9 Å². The summed E-state index contributed by atoms with van der Waals surface area (Å²) in [5.74, 6) is 1.10. The van der Waals surface area contributed by atoms with Crippen LogP contribution in [0, 0.1) is 0 Å². The first-order valence-corrected chi connectivity index (χ1v) is 8.97. The largest absolute Gasteiger partial charge is 0.490 e. The number of amides is 1. The molecule has 0 spiro atoms. The molecule has 136 valence electrons. The topological polar surface area (TPSA) is 64.6 Å². The Labute approximate surface area is 153 Å². The van der Waals surface area contributed by atoms with Gasteiger partial charge in [-0.25, -0.2) is 0 Å². The normalized spacial score (nSPS) is 13.0. The molecule has 3 rings (SSSR count). The van der Waals surface area contributed by atoms with E-state index < -0.39 is 0 Å². The number of nitrogens with one attached hydrogen (secondary N) is 1. The SMILES string of the molecule is CCc1ccc(C(=O)CCC(=O)Nc2ccc3c(c2)OCCCO3)cc1. The highest BCUT2D eigenvalue weighted by Crippen LogP contribution is 2.32. The Morgan fingerprint density at radius 3 is 2.42 bits per heavy atom. The fourth-order valence-electron chi connectivity index (χ4n) is 2.76. The molecular formula is C21H23NO4. The molecule has 2 aromatic carbocycles. The van der Waals surface area contributed by atoms with Crippen molar-refractivity contribution in [2.45, 2.75) is 32.6 Å². The van der Waals surface area contributed by atoms with Gasteiger partial charge in [0.1, 0.15) is 0 Å². The first-order valence-electron chi connectivity index (χ1n) is 8.97. The number of hydrogen-bond donors (Lipinski definition) is 1. The Bertz CT molecular complexity index is 783. The number of Topliss-reactive ketones (excluding diaryl/α,β-unsaturated/α-hetero) is 1. The molecular weight excluding hydrogens is 330 g/mol. The maximum absolute atomic E-state index is 12.2. The monoisotopic (exact) mass is 353 g/mol. The lowest BCUT2D eigenvalue weighted by Gasteiger charge is -2.10. The van der Waals surface area contributed by atoms with Crippen molar-refractivity contribution >= 4 is 17.4 Å². The van der Waals surface area contributed by atoms with E-state index in [-0.39, 0.29) is 24.5 Å². The fourth-order valence-corrected chi connectivity index (χ4v) is 2.76. The predicted octanol–water partition coefficient (Wildman–Crippen LogP) is 4.01. The summed E-state index contributed by atoms with van der Waals surface area (Å²) in [6.45, 7) is 3.29. The van der Waals surface area contributed by atoms with Gasteiger partial charge < -0.3 is 14.8 Å². The van der Waals surface area contributed by atoms with Crippen LogP contribution in [0.15, 0.2) is 42.5 Å². The number of aryl methyl sites for hydroxylation is 1. The second kappa shape index (κ2) is 8.52. The van der Waals surface area contributed by atoms with E-state index in [9.17, 15) is 9.59 Å². The van der Waals surface area contributed by atoms with Gasteiger partial charge in [-0.2, -0.15) is 0 Å². The molecule has 2 aromatic rings. The highest BCUT2D eigenvalue weighted by Gasteiger charge is 2.13. The van der Waals surface area contributed by atoms with E-state index in [2.05, 4.69) is 12.2 Å². The zero-order valence-corrected chi connectivity index (χ0v) is 14.9. The molecule has 1 aliphatic heterocycles. The van der Waals surface area contributed by atoms with E-state index in [1.807, 2.05) is 24.3 Å². The average Bonchev–Trinajstić information content (AvgIpc) is 2.91. The Kier molecular flexibility index (Phi) is 5.89. The third kappa shape index (κ3) is 4.63. The maximum Gasteiger partial charge on any atom is 0.224 e. The lowest BCUT2D eigenvalue weighted by Crippen LogP contribution is -2.13. The summed E-state index contributed by atoms with van der Waals surface area (Å²) in [6.07, 6.45) is 2.09. The van der Waals surface area contributed by atoms with Crippen molar-refractivity contribution < 1.29 is 19.1 Å². The Morgan fingerprint density at radius 2 is 1.69 bits per heavy atom. The molecule has 0 fully saturated rings. The van der Waals surface area contributed by atoms with Crippen molar-refractivity contribution in [2.75, 3.05) is 18.5 Å². The number of ether oxygens (including phenoxy) is 2. The van der Waals surface area contributed by atoms with Crippen LogP contribution < -0.4 is 14.8 Å². The molecule has 1 aliphatic rings. The number of carbonyl (C=O) groups excluding carboxylic acids is 2. The molecule has 0 unspecified atom stereocenters. The van der Waals surface area contributed by atoms with Crippen LogP contribution in [0.2, 0.25) is 0 Å². The number of rotatable bonds is 6. The molecule has 0 radical (unpaired) electrons. The van der Waals surface area contributed by atoms with E-state index >= 15 is 0 Å². The van der Waals surface area contributed by atoms with E-state index in [0.29, 0.717) is 36.0 Å². The Hall–Kier alpha value is -2.82. The number of fused-ring (bicyclic) bond motifs is 1. The van der Waals surface area contributed by atoms with Gasteiger partial charge in [-0.05, 0) is 24.1 Å². The standard InChI is InChI=1S/C21H23NO4/c1-2-15-4-6-16(7-5-15)18(23)9-11-21(24)22-17-8-10-19-20(14-17)26-13-3-12-25-19/h4-8,10,14H,2-3,9,11-13H2,1H3,(H,22,24). The van der Waals surface area contributed by atoms with Gasteiger partial charge in [0.05, 0.1) is 13.2 Å². The van der Waals surface area contributed by atoms with Crippen LogP contribution in [0.5, 0.6) is 11.5 Å². The summed E-state index contributed by atoms with van der Waals surface area (Å²) < 4.78 is 11.2. The third-order valence-electron chi connectivity index (χ3n) is 4.29. The molecule has 0 bridgehead atoms. The van der Waals surface area contributed by atoms with Gasteiger partial charge in [0.15, 0.2) is 17.3 Å². The van der Waals surface area contributed by atoms with Crippen LogP contribution >= 0.6 is 0 Å². The van der Waals surface area contributed by atoms with Crippen LogP contribution in [-0.2, 0) is 11.2 Å². The second-order valence-corrected chi connectivity index (χ2v) is 6.23. The smallest absolute Gasteiger partial charge is 0.224 e. The van der Waals surface area contributed by atoms with E-state index in [1.54, 1.807) is 18.2 Å². The minimum Gasteiger partial charge on any atom is -0.490 e. The molecule has 0 aromatic heterocycles. The van der Waals surface area contributed by atoms with Gasteiger partial charge in [0, 0.05) is 36.6 Å². The number of carbonyl (C=O) groups is 2. The van der Waals surface area contributed by atoms with E-state index in [0.717, 1.165) is 12.8 Å². The zero-order chi connectivity index (χ0) is 18.4. The number of anilines is 1. The molecule has 0 aliphatic carbocycles. The number of ketones is 1. The van der Waals surface area contributed by atoms with Crippen LogP contribution in [0.1, 0.15) is 42.1 Å². The van der Waals surface area contributed by atoms with Crippen molar-refractivity contribution in [3.63, 3.8) is 0 Å². The number of hydrogen-bond acceptors (Lipinski definition) is 4. The van der Waals surface area contributed by atoms with Gasteiger partial charge in [-0.15, -0.1) is 0 Å². The van der Waals surface area contributed by atoms with Crippen LogP contribution in [0.4, 0.5) is 5.69 Å². The fraction of sp³-hybridized carbons (Fsp3) is 0.333. The lowest BCUT2D eigenvalue weighted by atomic mass is 10.0. The highest BCUT2D eigenvalue weighted by atomic mass is 16.5. The molecule has 5 nitrogen and oxygen atoms in total. The average molecular weight is 353 g/mol. The van der Waals surface area contributed by atoms with Crippen molar-refractivity contribution in [1.29, 1.82) is 0 Å². The first kappa shape index (κ1) is 18.0. The predicted molar refractivity (Wildman–Crippen MR) is 100 cm³/mol. The van der Waals surface area contributed by atoms with Gasteiger partial charge in [-0.3, -0.25) is 9.59 Å². The molecule has 1 amide bonds. The molecule has 0 saturated carbocycles. The van der Waals surface area contributed by atoms with Gasteiger partial charge in [-0.1, -0.05) is 31.2 Å². The van der Waals surface area contributed by atoms with Gasteiger partial charge >= 0.3 is 0 Å². The highest BCUT2D eigenvalue weighted by molar-refractivity contribution is 6.00. The van der Waals surface area contributed by atoms with Crippen molar-refractivity contribution in [3.05, 3.63) is 53.6 Å². The summed E-state index contributed by atoms with van der Waals surface area (Å²) >= 11 is 0. The summed E-state index contributed by atoms with van der Waals surface area (Å²) in [4.78, 5) is 24.4. The molecule has 0 atom stereocenters. The minimum absolute atomic E-state index is 0.0264. The van der Waals surface area contributed by atoms with Crippen LogP contribution in [0.25, 0.3) is 0 Å². The summed E-state index contributed by atoms with van der Waals surface area (Å²) in [5.41, 5.74) is 2.47. The van der Waals surface area contributed by atoms with Crippen LogP contribution in [0.3, 0.4) is 0 Å². The van der Waals surface area contributed by atoms with E-state index in [4.69, 9.17) is 9.47 Å². The molecule has 5 heteroatoms. The maximum atomic E-state index is 12.2. The zero-order valence-electron chi connectivity index (χ0n) is 14.9. The minimum atomic E-state index is -0.196. The number of benzene rings is 2. The summed E-state index contributed by atoms with van der Waals surface area (Å²) in [7, 11) is 0. The summed E-state index contributed by atoms with van der Waals surface area (Å²) in [6, 6.07) is 12.9. The van der Waals surface area contributed by atoms with Crippen molar-refractivity contribution in [2.24, 2.45) is 0 Å². The second-order valence-electron chi connectivity index (χ2n) is 6.23. The molecule has 1 N–H and O–H groups in total. The third-order valence-corrected chi connectivity index (χ3v) is 4.29. The van der Waals surface area contributed by atoms with E-state index in [1.165, 1.54) is 5.56 Å². The Morgan fingerprint density at radius 1 is 0.962 bits per heavy atom. The van der Waals surface area contributed by atoms with Crippen molar-refractivity contribution in [3.8, 4) is 11.5 Å². The first-order chi connectivity index (χ1) is 12.7. The quantitative estimate of drug-likeness (QED) is 0.797. The van der Waals surface area contributed by atoms with Gasteiger partial charge in [0.25, 0.3) is 0 Å². The molecule has 26 heavy (non-hydrogen) atoms. The molecule has 1 heterocycles. The summed E-state index contributed by atoms with van der Waals surface area (Å²) in [5, 5.41) is 2.81. The molecule has 0 saturated heterocycles. The Balaban J connectivity index is 1.53. The van der Waals surface area contributed by atoms with Gasteiger partial charge in [0.2, 0.25) is 5.91 Å². The lowest BCUT2D eigenvalue weighted by molar-refractivity contribution is -0.116. The van der Waals surface area contributed by atoms with Crippen molar-refractivity contribution in [1.82, 2.24) is 0 Å².